The van der Waals surface area contributed by atoms with Crippen molar-refractivity contribution in [3.8, 4) is 28.4 Å². The highest BCUT2D eigenvalue weighted by molar-refractivity contribution is 6.23. The molecule has 1 aromatic heterocycles. The lowest BCUT2D eigenvalue weighted by Crippen LogP contribution is -2.24. The zero-order chi connectivity index (χ0) is 27.3. The van der Waals surface area contributed by atoms with Crippen LogP contribution in [0.15, 0.2) is 66.7 Å². The van der Waals surface area contributed by atoms with Gasteiger partial charge in [-0.2, -0.15) is 0 Å². The van der Waals surface area contributed by atoms with E-state index < -0.39 is 0 Å². The maximum atomic E-state index is 14.2. The number of para-hydroxylation sites is 1. The molecule has 0 atom stereocenters. The highest BCUT2D eigenvalue weighted by atomic mass is 16.6. The van der Waals surface area contributed by atoms with Gasteiger partial charge in [0.05, 0.1) is 49.5 Å². The second-order valence-electron chi connectivity index (χ2n) is 9.29. The second-order valence-corrected chi connectivity index (χ2v) is 9.29. The van der Waals surface area contributed by atoms with Gasteiger partial charge in [0.1, 0.15) is 22.8 Å². The summed E-state index contributed by atoms with van der Waals surface area (Å²) in [5.41, 5.74) is 3.92. The Bertz CT molecular complexity index is 1750. The van der Waals surface area contributed by atoms with Gasteiger partial charge in [0.15, 0.2) is 0 Å². The van der Waals surface area contributed by atoms with E-state index in [9.17, 15) is 14.9 Å². The molecular weight excluding hydrogens is 498 g/mol. The fourth-order valence-electron chi connectivity index (χ4n) is 5.59. The molecule has 9 nitrogen and oxygen atoms in total. The quantitative estimate of drug-likeness (QED) is 0.205. The molecule has 0 aliphatic carbocycles. The number of nitro benzene ring substituents is 1. The molecule has 4 aromatic carbocycles. The Morgan fingerprint density at radius 3 is 2.23 bits per heavy atom. The third-order valence-corrected chi connectivity index (χ3v) is 7.29. The minimum atomic E-state index is -0.358. The first kappa shape index (κ1) is 24.3. The van der Waals surface area contributed by atoms with Gasteiger partial charge in [-0.1, -0.05) is 48.5 Å². The van der Waals surface area contributed by atoms with Crippen LogP contribution in [0.2, 0.25) is 0 Å². The molecule has 1 aliphatic heterocycles. The van der Waals surface area contributed by atoms with E-state index in [1.165, 1.54) is 0 Å². The number of H-pyrrole nitrogens is 1. The minimum absolute atomic E-state index is 0.0413. The van der Waals surface area contributed by atoms with Crippen LogP contribution in [0.1, 0.15) is 21.5 Å². The highest BCUT2D eigenvalue weighted by Gasteiger charge is 2.39. The topological polar surface area (TPSA) is 107 Å². The number of carbonyl (C=O) groups is 1. The van der Waals surface area contributed by atoms with Gasteiger partial charge < -0.3 is 24.1 Å². The fourth-order valence-corrected chi connectivity index (χ4v) is 5.59. The molecule has 0 radical (unpaired) electrons. The van der Waals surface area contributed by atoms with Crippen LogP contribution < -0.4 is 14.2 Å². The number of benzene rings is 4. The molecule has 0 bridgehead atoms. The Morgan fingerprint density at radius 1 is 0.923 bits per heavy atom. The highest BCUT2D eigenvalue weighted by Crippen LogP contribution is 2.48. The van der Waals surface area contributed by atoms with Crippen LogP contribution >= 0.6 is 0 Å². The van der Waals surface area contributed by atoms with Gasteiger partial charge >= 0.3 is 5.69 Å². The summed E-state index contributed by atoms with van der Waals surface area (Å²) in [5.74, 6) is 1.38. The Morgan fingerprint density at radius 2 is 1.59 bits per heavy atom. The van der Waals surface area contributed by atoms with Crippen LogP contribution in [0.4, 0.5) is 5.69 Å². The summed E-state index contributed by atoms with van der Waals surface area (Å²) >= 11 is 0. The van der Waals surface area contributed by atoms with Gasteiger partial charge in [-0.05, 0) is 17.2 Å². The van der Waals surface area contributed by atoms with E-state index >= 15 is 0 Å². The van der Waals surface area contributed by atoms with Crippen molar-refractivity contribution in [2.75, 3.05) is 21.3 Å². The first-order chi connectivity index (χ1) is 19.0. The van der Waals surface area contributed by atoms with E-state index in [0.29, 0.717) is 56.0 Å². The molecule has 0 spiro atoms. The molecule has 0 unspecified atom stereocenters. The summed E-state index contributed by atoms with van der Waals surface area (Å²) in [6.07, 6.45) is 0. The predicted octanol–water partition coefficient (Wildman–Crippen LogP) is 6.08. The summed E-state index contributed by atoms with van der Waals surface area (Å²) in [6, 6.07) is 20.1. The maximum absolute atomic E-state index is 14.2. The molecule has 1 N–H and O–H groups in total. The number of ether oxygens (including phenoxy) is 3. The van der Waals surface area contributed by atoms with Crippen LogP contribution in [0.5, 0.6) is 17.2 Å². The lowest BCUT2D eigenvalue weighted by atomic mass is 9.91. The average molecular weight is 524 g/mol. The molecule has 196 valence electrons. The Balaban J connectivity index is 1.61. The number of nitrogens with one attached hydrogen (secondary N) is 1. The number of fused-ring (bicyclic) bond motifs is 5. The van der Waals surface area contributed by atoms with Crippen LogP contribution in [0.25, 0.3) is 32.9 Å². The molecular formula is C30H25N3O6. The zero-order valence-electron chi connectivity index (χ0n) is 21.6. The molecule has 0 saturated carbocycles. The Kier molecular flexibility index (Phi) is 5.83. The van der Waals surface area contributed by atoms with E-state index in [1.807, 2.05) is 54.6 Å². The van der Waals surface area contributed by atoms with Gasteiger partial charge in [-0.3, -0.25) is 14.9 Å². The first-order valence-electron chi connectivity index (χ1n) is 12.3. The van der Waals surface area contributed by atoms with Crippen molar-refractivity contribution in [3.63, 3.8) is 0 Å². The number of carbonyl (C=O) groups excluding carboxylic acids is 1. The molecule has 0 saturated heterocycles. The SMILES string of the molecule is COc1cc(OC)c(CN2Cc3c(-c4ccccc4)c([N+](=O)[O-])c4[nH]c5ccccc5c4c3C2=O)c(OC)c1. The van der Waals surface area contributed by atoms with Crippen LogP contribution in [-0.2, 0) is 13.1 Å². The van der Waals surface area contributed by atoms with Crippen molar-refractivity contribution in [1.29, 1.82) is 0 Å². The van der Waals surface area contributed by atoms with E-state index in [1.54, 1.807) is 38.4 Å². The molecule has 1 amide bonds. The number of aromatic amines is 1. The van der Waals surface area contributed by atoms with Gasteiger partial charge in [-0.15, -0.1) is 0 Å². The molecule has 2 heterocycles. The molecule has 1 aliphatic rings. The number of aromatic nitrogens is 1. The number of amides is 1. The number of rotatable bonds is 7. The van der Waals surface area contributed by atoms with E-state index in [0.717, 1.165) is 10.9 Å². The molecule has 9 heteroatoms. The number of nitrogens with zero attached hydrogens (tertiary/aromatic N) is 2. The first-order valence-corrected chi connectivity index (χ1v) is 12.3. The van der Waals surface area contributed by atoms with Gasteiger partial charge in [-0.25, -0.2) is 0 Å². The summed E-state index contributed by atoms with van der Waals surface area (Å²) in [7, 11) is 4.65. The molecule has 39 heavy (non-hydrogen) atoms. The third kappa shape index (κ3) is 3.73. The van der Waals surface area contributed by atoms with Crippen molar-refractivity contribution < 1.29 is 23.9 Å². The average Bonchev–Trinajstić information content (AvgIpc) is 3.49. The predicted molar refractivity (Wildman–Crippen MR) is 148 cm³/mol. The third-order valence-electron chi connectivity index (χ3n) is 7.29. The smallest absolute Gasteiger partial charge is 0.301 e. The molecule has 6 rings (SSSR count). The van der Waals surface area contributed by atoms with Crippen molar-refractivity contribution >= 4 is 33.4 Å². The van der Waals surface area contributed by atoms with E-state index in [4.69, 9.17) is 14.2 Å². The maximum Gasteiger partial charge on any atom is 0.301 e. The lowest BCUT2D eigenvalue weighted by molar-refractivity contribution is -0.382. The Hall–Kier alpha value is -5.05. The van der Waals surface area contributed by atoms with Crippen molar-refractivity contribution in [3.05, 3.63) is 93.5 Å². The van der Waals surface area contributed by atoms with Gasteiger partial charge in [0.2, 0.25) is 0 Å². The van der Waals surface area contributed by atoms with E-state index in [2.05, 4.69) is 4.98 Å². The van der Waals surface area contributed by atoms with Crippen molar-refractivity contribution in [2.45, 2.75) is 13.1 Å². The fraction of sp³-hybridized carbons (Fsp3) is 0.167. The van der Waals surface area contributed by atoms with Crippen LogP contribution in [0, 0.1) is 10.1 Å². The molecule has 0 fully saturated rings. The summed E-state index contributed by atoms with van der Waals surface area (Å²) in [4.78, 5) is 31.3. The van der Waals surface area contributed by atoms with Gasteiger partial charge in [0, 0.05) is 35.0 Å². The summed E-state index contributed by atoms with van der Waals surface area (Å²) in [6.45, 7) is 0.364. The summed E-state index contributed by atoms with van der Waals surface area (Å²) < 4.78 is 16.6. The number of nitro groups is 1. The summed E-state index contributed by atoms with van der Waals surface area (Å²) in [5, 5.41) is 13.9. The van der Waals surface area contributed by atoms with Crippen LogP contribution in [0.3, 0.4) is 0 Å². The standard InChI is InChI=1S/C30H25N3O6/c1-37-18-13-23(38-2)20(24(14-18)39-3)15-32-16-21-25(17-9-5-4-6-10-17)29(33(35)36)28-26(27(21)30(32)34)19-11-7-8-12-22(19)31-28/h4-14,31H,15-16H2,1-3H3. The zero-order valence-corrected chi connectivity index (χ0v) is 21.6. The number of methoxy groups -OCH3 is 3. The second kappa shape index (κ2) is 9.36. The minimum Gasteiger partial charge on any atom is -0.496 e. The van der Waals surface area contributed by atoms with Gasteiger partial charge in [0.25, 0.3) is 5.91 Å². The number of hydrogen-bond acceptors (Lipinski definition) is 6. The van der Waals surface area contributed by atoms with Crippen molar-refractivity contribution in [1.82, 2.24) is 9.88 Å². The Labute approximate surface area is 223 Å². The van der Waals surface area contributed by atoms with Crippen LogP contribution in [-0.4, -0.2) is 42.0 Å². The number of hydrogen-bond donors (Lipinski definition) is 1. The lowest BCUT2D eigenvalue weighted by Gasteiger charge is -2.20. The normalized spacial score (nSPS) is 12.7. The monoisotopic (exact) mass is 523 g/mol. The molecule has 5 aromatic rings. The largest absolute Gasteiger partial charge is 0.496 e. The van der Waals surface area contributed by atoms with E-state index in [-0.39, 0.29) is 29.6 Å². The van der Waals surface area contributed by atoms with Crippen molar-refractivity contribution in [2.24, 2.45) is 0 Å².